The number of para-hydroxylation sites is 1. The predicted octanol–water partition coefficient (Wildman–Crippen LogP) is 3.14. The molecule has 1 aromatic carbocycles. The maximum atomic E-state index is 11.8. The molecule has 0 bridgehead atoms. The highest BCUT2D eigenvalue weighted by Gasteiger charge is 2.09. The van der Waals surface area contributed by atoms with Gasteiger partial charge in [0.25, 0.3) is 0 Å². The second-order valence-electron chi connectivity index (χ2n) is 3.80. The molecule has 2 nitrogen and oxygen atoms in total. The smallest absolute Gasteiger partial charge is 0.193 e. The summed E-state index contributed by atoms with van der Waals surface area (Å²) >= 11 is 0. The summed E-state index contributed by atoms with van der Waals surface area (Å²) in [5, 5.41) is 0.637. The third-order valence-electron chi connectivity index (χ3n) is 2.72. The molecule has 0 saturated heterocycles. The van der Waals surface area contributed by atoms with Gasteiger partial charge >= 0.3 is 0 Å². The van der Waals surface area contributed by atoms with E-state index in [1.165, 1.54) is 0 Å². The summed E-state index contributed by atoms with van der Waals surface area (Å²) in [5.74, 6) is 0.675. The van der Waals surface area contributed by atoms with Crippen molar-refractivity contribution in [2.75, 3.05) is 0 Å². The van der Waals surface area contributed by atoms with E-state index in [0.717, 1.165) is 12.0 Å². The lowest BCUT2D eigenvalue weighted by atomic mass is 10.1. The molecule has 78 valence electrons. The maximum absolute atomic E-state index is 11.8. The van der Waals surface area contributed by atoms with Gasteiger partial charge in [0.05, 0.1) is 5.39 Å². The van der Waals surface area contributed by atoms with E-state index >= 15 is 0 Å². The van der Waals surface area contributed by atoms with E-state index in [9.17, 15) is 4.79 Å². The number of hydrogen-bond donors (Lipinski definition) is 0. The van der Waals surface area contributed by atoms with Crippen molar-refractivity contribution in [1.82, 2.24) is 0 Å². The molecular weight excluding hydrogens is 200 g/mol. The van der Waals surface area contributed by atoms with Crippen LogP contribution in [0.2, 0.25) is 0 Å². The first-order valence-corrected chi connectivity index (χ1v) is 5.23. The standard InChI is InChI=1S/C14H10O2/c15-12-9-14(10-5-1-2-6-10)16-13-8-4-3-7-11(12)13/h1-5,7-9H,6H2. The number of rotatable bonds is 1. The molecule has 3 rings (SSSR count). The van der Waals surface area contributed by atoms with Crippen LogP contribution in [0.25, 0.3) is 16.5 Å². The van der Waals surface area contributed by atoms with Gasteiger partial charge in [-0.05, 0) is 24.1 Å². The quantitative estimate of drug-likeness (QED) is 0.723. The van der Waals surface area contributed by atoms with Gasteiger partial charge in [0, 0.05) is 6.07 Å². The summed E-state index contributed by atoms with van der Waals surface area (Å²) in [7, 11) is 0. The first-order valence-electron chi connectivity index (χ1n) is 5.23. The largest absolute Gasteiger partial charge is 0.456 e. The van der Waals surface area contributed by atoms with Crippen molar-refractivity contribution in [1.29, 1.82) is 0 Å². The molecule has 0 N–H and O–H groups in total. The van der Waals surface area contributed by atoms with Crippen LogP contribution in [-0.2, 0) is 0 Å². The minimum atomic E-state index is 0.0182. The Morgan fingerprint density at radius 2 is 2.06 bits per heavy atom. The molecule has 0 atom stereocenters. The summed E-state index contributed by atoms with van der Waals surface area (Å²) in [5.41, 5.74) is 1.73. The fraction of sp³-hybridized carbons (Fsp3) is 0.0714. The minimum Gasteiger partial charge on any atom is -0.456 e. The van der Waals surface area contributed by atoms with Gasteiger partial charge in [-0.3, -0.25) is 4.79 Å². The summed E-state index contributed by atoms with van der Waals surface area (Å²) in [6.45, 7) is 0. The van der Waals surface area contributed by atoms with Crippen LogP contribution in [0, 0.1) is 0 Å². The second-order valence-corrected chi connectivity index (χ2v) is 3.80. The summed E-state index contributed by atoms with van der Waals surface area (Å²) in [6, 6.07) is 8.89. The average molecular weight is 210 g/mol. The lowest BCUT2D eigenvalue weighted by Gasteiger charge is -2.02. The SMILES string of the molecule is O=c1cc(C2=CC=CC2)oc2ccccc12. The molecule has 1 aliphatic carbocycles. The van der Waals surface area contributed by atoms with Gasteiger partial charge in [-0.25, -0.2) is 0 Å². The zero-order chi connectivity index (χ0) is 11.0. The van der Waals surface area contributed by atoms with Gasteiger partial charge in [-0.1, -0.05) is 30.4 Å². The minimum absolute atomic E-state index is 0.0182. The highest BCUT2D eigenvalue weighted by atomic mass is 16.3. The molecule has 0 fully saturated rings. The zero-order valence-corrected chi connectivity index (χ0v) is 8.64. The summed E-state index contributed by atoms with van der Waals surface area (Å²) in [4.78, 5) is 11.8. The Morgan fingerprint density at radius 1 is 1.19 bits per heavy atom. The van der Waals surface area contributed by atoms with Gasteiger partial charge in [0.2, 0.25) is 0 Å². The Hall–Kier alpha value is -2.09. The lowest BCUT2D eigenvalue weighted by molar-refractivity contribution is 0.585. The second kappa shape index (κ2) is 3.49. The fourth-order valence-corrected chi connectivity index (χ4v) is 1.89. The van der Waals surface area contributed by atoms with Crippen molar-refractivity contribution in [3.05, 3.63) is 64.5 Å². The monoisotopic (exact) mass is 210 g/mol. The molecule has 2 aromatic rings. The fourth-order valence-electron chi connectivity index (χ4n) is 1.89. The lowest BCUT2D eigenvalue weighted by Crippen LogP contribution is -2.01. The van der Waals surface area contributed by atoms with E-state index < -0.39 is 0 Å². The van der Waals surface area contributed by atoms with Crippen molar-refractivity contribution < 1.29 is 4.42 Å². The molecule has 16 heavy (non-hydrogen) atoms. The Bertz CT molecular complexity index is 660. The Labute approximate surface area is 92.5 Å². The van der Waals surface area contributed by atoms with Crippen molar-refractivity contribution in [2.24, 2.45) is 0 Å². The van der Waals surface area contributed by atoms with Gasteiger partial charge in [0.1, 0.15) is 11.3 Å². The first kappa shape index (κ1) is 9.16. The topological polar surface area (TPSA) is 30.2 Å². The molecule has 0 saturated carbocycles. The van der Waals surface area contributed by atoms with E-state index in [-0.39, 0.29) is 5.43 Å². The molecule has 0 unspecified atom stereocenters. The van der Waals surface area contributed by atoms with Crippen LogP contribution in [0.1, 0.15) is 12.2 Å². The highest BCUT2D eigenvalue weighted by Crippen LogP contribution is 2.24. The van der Waals surface area contributed by atoms with Crippen LogP contribution in [0.3, 0.4) is 0 Å². The van der Waals surface area contributed by atoms with E-state index in [1.807, 2.05) is 36.4 Å². The molecule has 0 amide bonds. The zero-order valence-electron chi connectivity index (χ0n) is 8.64. The first-order chi connectivity index (χ1) is 7.84. The maximum Gasteiger partial charge on any atom is 0.193 e. The Kier molecular flexibility index (Phi) is 2.00. The number of benzene rings is 1. The number of hydrogen-bond acceptors (Lipinski definition) is 2. The summed E-state index contributed by atoms with van der Waals surface area (Å²) < 4.78 is 5.72. The Morgan fingerprint density at radius 3 is 2.88 bits per heavy atom. The van der Waals surface area contributed by atoms with Crippen molar-refractivity contribution in [3.63, 3.8) is 0 Å². The van der Waals surface area contributed by atoms with E-state index in [0.29, 0.717) is 16.7 Å². The van der Waals surface area contributed by atoms with Crippen LogP contribution in [0.4, 0.5) is 0 Å². The van der Waals surface area contributed by atoms with Crippen LogP contribution in [0.15, 0.2) is 57.8 Å². The third kappa shape index (κ3) is 1.39. The molecular formula is C14H10O2. The van der Waals surface area contributed by atoms with Gasteiger partial charge < -0.3 is 4.42 Å². The molecule has 2 heteroatoms. The van der Waals surface area contributed by atoms with Crippen molar-refractivity contribution in [3.8, 4) is 0 Å². The van der Waals surface area contributed by atoms with Crippen molar-refractivity contribution >= 4 is 16.5 Å². The van der Waals surface area contributed by atoms with E-state index in [1.54, 1.807) is 12.1 Å². The van der Waals surface area contributed by atoms with Crippen LogP contribution < -0.4 is 5.43 Å². The van der Waals surface area contributed by atoms with Crippen LogP contribution >= 0.6 is 0 Å². The van der Waals surface area contributed by atoms with Gasteiger partial charge in [0.15, 0.2) is 5.43 Å². The highest BCUT2D eigenvalue weighted by molar-refractivity contribution is 5.78. The van der Waals surface area contributed by atoms with Gasteiger partial charge in [-0.2, -0.15) is 0 Å². The summed E-state index contributed by atoms with van der Waals surface area (Å²) in [6.07, 6.45) is 6.84. The van der Waals surface area contributed by atoms with E-state index in [4.69, 9.17) is 4.42 Å². The molecule has 0 aliphatic heterocycles. The Balaban J connectivity index is 2.25. The molecule has 1 aromatic heterocycles. The molecule has 1 heterocycles. The van der Waals surface area contributed by atoms with Crippen molar-refractivity contribution in [2.45, 2.75) is 6.42 Å². The van der Waals surface area contributed by atoms with Gasteiger partial charge in [-0.15, -0.1) is 0 Å². The third-order valence-corrected chi connectivity index (χ3v) is 2.72. The van der Waals surface area contributed by atoms with E-state index in [2.05, 4.69) is 0 Å². The number of fused-ring (bicyclic) bond motifs is 1. The molecule has 0 radical (unpaired) electrons. The normalized spacial score (nSPS) is 14.4. The van der Waals surface area contributed by atoms with Crippen LogP contribution in [-0.4, -0.2) is 0 Å². The molecule has 0 spiro atoms. The van der Waals surface area contributed by atoms with Crippen LogP contribution in [0.5, 0.6) is 0 Å². The number of allylic oxidation sites excluding steroid dienone is 4. The average Bonchev–Trinajstić information content (AvgIpc) is 2.82. The predicted molar refractivity (Wildman–Crippen MR) is 64.2 cm³/mol. The molecule has 1 aliphatic rings.